The number of anilines is 1. The molecule has 9 heteroatoms. The van der Waals surface area contributed by atoms with Gasteiger partial charge in [-0.3, -0.25) is 0 Å². The zero-order valence-electron chi connectivity index (χ0n) is 12.2. The molecule has 2 aromatic rings. The average molecular weight is 358 g/mol. The van der Waals surface area contributed by atoms with Crippen molar-refractivity contribution in [3.05, 3.63) is 59.9 Å². The number of carbonyl (C=O) groups excluding carboxylic acids is 1. The highest BCUT2D eigenvalue weighted by Crippen LogP contribution is 2.21. The number of nitrogens with one attached hydrogen (secondary N) is 2. The maximum Gasteiger partial charge on any atom is 0.341 e. The van der Waals surface area contributed by atoms with Gasteiger partial charge in [0.15, 0.2) is 0 Å². The van der Waals surface area contributed by atoms with Gasteiger partial charge in [-0.2, -0.15) is 8.78 Å². The minimum absolute atomic E-state index is 0.0494. The second kappa shape index (κ2) is 7.35. The minimum atomic E-state index is -4.74. The van der Waals surface area contributed by atoms with Crippen LogP contribution < -0.4 is 10.6 Å². The highest BCUT2D eigenvalue weighted by Gasteiger charge is 2.26. The molecule has 0 aliphatic carbocycles. The van der Waals surface area contributed by atoms with E-state index in [0.717, 1.165) is 12.1 Å². The van der Waals surface area contributed by atoms with Crippen molar-refractivity contribution in [1.82, 2.24) is 5.32 Å². The zero-order valence-corrected chi connectivity index (χ0v) is 13.0. The maximum absolute atomic E-state index is 12.8. The molecule has 0 aliphatic rings. The Kier molecular flexibility index (Phi) is 5.45. The van der Waals surface area contributed by atoms with Crippen molar-refractivity contribution in [2.45, 2.75) is 17.2 Å². The van der Waals surface area contributed by atoms with Crippen LogP contribution in [-0.4, -0.2) is 20.2 Å². The molecule has 0 aliphatic heterocycles. The molecule has 2 aromatic carbocycles. The standard InChI is InChI=1S/C15H13F3N2O3S/c16-11-6-4-10(5-7-11)9-19-15(21)20-12-2-1-3-13(8-12)24(22,23)14(17)18/h1-8,14H,9H2,(H2,19,20,21). The molecule has 2 N–H and O–H groups in total. The largest absolute Gasteiger partial charge is 0.341 e. The molecule has 0 bridgehead atoms. The first kappa shape index (κ1) is 17.8. The lowest BCUT2D eigenvalue weighted by molar-refractivity contribution is 0.235. The topological polar surface area (TPSA) is 75.3 Å². The van der Waals surface area contributed by atoms with Crippen molar-refractivity contribution in [3.63, 3.8) is 0 Å². The molecule has 0 unspecified atom stereocenters. The van der Waals surface area contributed by atoms with Crippen molar-refractivity contribution in [2.24, 2.45) is 0 Å². The van der Waals surface area contributed by atoms with Crippen molar-refractivity contribution < 1.29 is 26.4 Å². The number of urea groups is 1. The van der Waals surface area contributed by atoms with E-state index in [4.69, 9.17) is 0 Å². The number of rotatable bonds is 5. The van der Waals surface area contributed by atoms with Gasteiger partial charge < -0.3 is 10.6 Å². The summed E-state index contributed by atoms with van der Waals surface area (Å²) in [7, 11) is -4.74. The third-order valence-electron chi connectivity index (χ3n) is 3.02. The van der Waals surface area contributed by atoms with Crippen LogP contribution in [0.1, 0.15) is 5.56 Å². The van der Waals surface area contributed by atoms with Gasteiger partial charge in [0.25, 0.3) is 0 Å². The van der Waals surface area contributed by atoms with E-state index in [1.165, 1.54) is 36.4 Å². The number of carbonyl (C=O) groups is 1. The smallest absolute Gasteiger partial charge is 0.334 e. The Balaban J connectivity index is 2.00. The van der Waals surface area contributed by atoms with Crippen LogP contribution in [0, 0.1) is 5.82 Å². The molecule has 2 rings (SSSR count). The van der Waals surface area contributed by atoms with Crippen LogP contribution in [0.25, 0.3) is 0 Å². The van der Waals surface area contributed by atoms with Gasteiger partial charge in [-0.05, 0) is 35.9 Å². The van der Waals surface area contributed by atoms with Gasteiger partial charge in [0, 0.05) is 12.2 Å². The summed E-state index contributed by atoms with van der Waals surface area (Å²) in [5.74, 6) is -3.94. The molecule has 5 nitrogen and oxygen atoms in total. The molecule has 0 saturated heterocycles. The van der Waals surface area contributed by atoms with Crippen LogP contribution in [0.2, 0.25) is 0 Å². The fourth-order valence-corrected chi connectivity index (χ4v) is 2.58. The third-order valence-corrected chi connectivity index (χ3v) is 4.40. The van der Waals surface area contributed by atoms with E-state index in [-0.39, 0.29) is 12.2 Å². The van der Waals surface area contributed by atoms with Gasteiger partial charge in [-0.1, -0.05) is 18.2 Å². The Morgan fingerprint density at radius 1 is 1.08 bits per heavy atom. The molecule has 128 valence electrons. The number of hydrogen-bond donors (Lipinski definition) is 2. The Morgan fingerprint density at radius 3 is 2.38 bits per heavy atom. The number of amides is 2. The second-order valence-electron chi connectivity index (χ2n) is 4.77. The van der Waals surface area contributed by atoms with E-state index in [1.807, 2.05) is 0 Å². The van der Waals surface area contributed by atoms with Gasteiger partial charge in [-0.15, -0.1) is 0 Å². The molecule has 0 spiro atoms. The molecule has 0 atom stereocenters. The van der Waals surface area contributed by atoms with Crippen LogP contribution in [-0.2, 0) is 16.4 Å². The first-order chi connectivity index (χ1) is 11.3. The molecular weight excluding hydrogens is 345 g/mol. The Bertz CT molecular complexity index is 824. The maximum atomic E-state index is 12.8. The van der Waals surface area contributed by atoms with E-state index in [0.29, 0.717) is 5.56 Å². The van der Waals surface area contributed by atoms with Crippen LogP contribution in [0.5, 0.6) is 0 Å². The fraction of sp³-hybridized carbons (Fsp3) is 0.133. The predicted molar refractivity (Wildman–Crippen MR) is 81.9 cm³/mol. The van der Waals surface area contributed by atoms with Gasteiger partial charge in [-0.25, -0.2) is 17.6 Å². The molecule has 0 radical (unpaired) electrons. The Hall–Kier alpha value is -2.55. The summed E-state index contributed by atoms with van der Waals surface area (Å²) < 4.78 is 60.6. The van der Waals surface area contributed by atoms with E-state index in [2.05, 4.69) is 10.6 Å². The predicted octanol–water partition coefficient (Wildman–Crippen LogP) is 3.14. The summed E-state index contributed by atoms with van der Waals surface area (Å²) >= 11 is 0. The molecule has 0 aromatic heterocycles. The zero-order chi connectivity index (χ0) is 17.7. The van der Waals surface area contributed by atoms with E-state index in [1.54, 1.807) is 0 Å². The van der Waals surface area contributed by atoms with Crippen LogP contribution in [0.4, 0.5) is 23.7 Å². The van der Waals surface area contributed by atoms with Crippen LogP contribution in [0.15, 0.2) is 53.4 Å². The molecule has 0 saturated carbocycles. The summed E-state index contributed by atoms with van der Waals surface area (Å²) in [5.41, 5.74) is 0.703. The van der Waals surface area contributed by atoms with Crippen LogP contribution in [0.3, 0.4) is 0 Å². The summed E-state index contributed by atoms with van der Waals surface area (Å²) in [5, 5.41) is 4.82. The van der Waals surface area contributed by atoms with Crippen molar-refractivity contribution in [1.29, 1.82) is 0 Å². The highest BCUT2D eigenvalue weighted by molar-refractivity contribution is 7.91. The van der Waals surface area contributed by atoms with E-state index in [9.17, 15) is 26.4 Å². The van der Waals surface area contributed by atoms with Crippen molar-refractivity contribution in [3.8, 4) is 0 Å². The van der Waals surface area contributed by atoms with E-state index < -0.39 is 32.3 Å². The quantitative estimate of drug-likeness (QED) is 0.862. The summed E-state index contributed by atoms with van der Waals surface area (Å²) in [4.78, 5) is 11.2. The monoisotopic (exact) mass is 358 g/mol. The normalized spacial score (nSPS) is 11.3. The number of benzene rings is 2. The number of halogens is 3. The Morgan fingerprint density at radius 2 is 1.75 bits per heavy atom. The van der Waals surface area contributed by atoms with Gasteiger partial charge >= 0.3 is 11.8 Å². The fourth-order valence-electron chi connectivity index (χ4n) is 1.81. The molecular formula is C15H13F3N2O3S. The molecule has 2 amide bonds. The summed E-state index contributed by atoms with van der Waals surface area (Å²) in [6, 6.07) is 9.37. The second-order valence-corrected chi connectivity index (χ2v) is 6.69. The van der Waals surface area contributed by atoms with Gasteiger partial charge in [0.05, 0.1) is 4.90 Å². The average Bonchev–Trinajstić information content (AvgIpc) is 2.54. The number of alkyl halides is 2. The summed E-state index contributed by atoms with van der Waals surface area (Å²) in [6.07, 6.45) is 0. The molecule has 0 heterocycles. The third kappa shape index (κ3) is 4.48. The van der Waals surface area contributed by atoms with Gasteiger partial charge in [0.2, 0.25) is 9.84 Å². The number of hydrogen-bond acceptors (Lipinski definition) is 3. The SMILES string of the molecule is O=C(NCc1ccc(F)cc1)Nc1cccc(S(=O)(=O)C(F)F)c1. The van der Waals surface area contributed by atoms with E-state index >= 15 is 0 Å². The van der Waals surface area contributed by atoms with Crippen molar-refractivity contribution in [2.75, 3.05) is 5.32 Å². The molecule has 24 heavy (non-hydrogen) atoms. The first-order valence-corrected chi connectivity index (χ1v) is 8.25. The Labute approximate surface area is 136 Å². The van der Waals surface area contributed by atoms with Gasteiger partial charge in [0.1, 0.15) is 5.82 Å². The van der Waals surface area contributed by atoms with Crippen LogP contribution >= 0.6 is 0 Å². The summed E-state index contributed by atoms with van der Waals surface area (Å²) in [6.45, 7) is 0.112. The molecule has 0 fully saturated rings. The first-order valence-electron chi connectivity index (χ1n) is 6.70. The lowest BCUT2D eigenvalue weighted by Crippen LogP contribution is -2.28. The minimum Gasteiger partial charge on any atom is -0.334 e. The highest BCUT2D eigenvalue weighted by atomic mass is 32.2. The number of sulfone groups is 1. The lowest BCUT2D eigenvalue weighted by atomic mass is 10.2. The lowest BCUT2D eigenvalue weighted by Gasteiger charge is -2.09. The van der Waals surface area contributed by atoms with Crippen molar-refractivity contribution >= 4 is 21.6 Å².